The summed E-state index contributed by atoms with van der Waals surface area (Å²) in [5.74, 6) is 0.188. The van der Waals surface area contributed by atoms with Crippen molar-refractivity contribution in [1.82, 2.24) is 4.90 Å². The summed E-state index contributed by atoms with van der Waals surface area (Å²) in [4.78, 5) is 2.43. The van der Waals surface area contributed by atoms with Crippen LogP contribution >= 0.6 is 0 Å². The van der Waals surface area contributed by atoms with Gasteiger partial charge in [-0.05, 0) is 37.8 Å². The van der Waals surface area contributed by atoms with E-state index in [2.05, 4.69) is 23.1 Å². The van der Waals surface area contributed by atoms with Crippen LogP contribution in [0.1, 0.15) is 25.7 Å². The van der Waals surface area contributed by atoms with Gasteiger partial charge in [-0.2, -0.15) is 10.5 Å². The van der Waals surface area contributed by atoms with Crippen molar-refractivity contribution in [3.8, 4) is 12.1 Å². The highest BCUT2D eigenvalue weighted by molar-refractivity contribution is 5.37. The van der Waals surface area contributed by atoms with Crippen molar-refractivity contribution in [3.05, 3.63) is 35.6 Å². The molecule has 0 amide bonds. The Labute approximate surface area is 108 Å². The van der Waals surface area contributed by atoms with E-state index >= 15 is 0 Å². The average molecular weight is 239 g/mol. The van der Waals surface area contributed by atoms with E-state index in [1.165, 1.54) is 25.0 Å². The highest BCUT2D eigenvalue weighted by atomic mass is 15.1. The highest BCUT2D eigenvalue weighted by Crippen LogP contribution is 2.23. The number of likely N-dealkylation sites (tertiary alicyclic amines) is 1. The summed E-state index contributed by atoms with van der Waals surface area (Å²) in [7, 11) is 0. The third kappa shape index (κ3) is 3.02. The summed E-state index contributed by atoms with van der Waals surface area (Å²) < 4.78 is 0. The third-order valence-electron chi connectivity index (χ3n) is 3.46. The maximum Gasteiger partial charge on any atom is 0.126 e. The van der Waals surface area contributed by atoms with Gasteiger partial charge in [-0.25, -0.2) is 0 Å². The van der Waals surface area contributed by atoms with Crippen LogP contribution in [0, 0.1) is 28.6 Å². The molecule has 0 saturated carbocycles. The van der Waals surface area contributed by atoms with Crippen LogP contribution in [-0.2, 0) is 0 Å². The Bertz CT molecular complexity index is 449. The Kier molecular flexibility index (Phi) is 4.20. The maximum absolute atomic E-state index is 8.72. The molecule has 0 radical (unpaired) electrons. The number of nitriles is 2. The van der Waals surface area contributed by atoms with Gasteiger partial charge in [0.15, 0.2) is 0 Å². The summed E-state index contributed by atoms with van der Waals surface area (Å²) in [6.45, 7) is 2.30. The predicted octanol–water partition coefficient (Wildman–Crippen LogP) is 2.91. The van der Waals surface area contributed by atoms with Crippen molar-refractivity contribution in [2.24, 2.45) is 5.92 Å². The van der Waals surface area contributed by atoms with E-state index < -0.39 is 0 Å². The van der Waals surface area contributed by atoms with E-state index in [9.17, 15) is 0 Å². The van der Waals surface area contributed by atoms with E-state index in [0.717, 1.165) is 19.5 Å². The van der Waals surface area contributed by atoms with Gasteiger partial charge in [-0.1, -0.05) is 12.2 Å². The molecule has 0 aromatic heterocycles. The molecule has 1 unspecified atom stereocenters. The lowest BCUT2D eigenvalue weighted by Gasteiger charge is -2.31. The van der Waals surface area contributed by atoms with E-state index in [4.69, 9.17) is 10.5 Å². The number of nitrogens with zero attached hydrogens (tertiary/aromatic N) is 3. The lowest BCUT2D eigenvalue weighted by molar-refractivity contribution is 0.291. The summed E-state index contributed by atoms with van der Waals surface area (Å²) in [6, 6.07) is 3.82. The number of piperidine rings is 1. The fraction of sp³-hybridized carbons (Fsp3) is 0.467. The topological polar surface area (TPSA) is 50.8 Å². The first-order chi connectivity index (χ1) is 8.83. The van der Waals surface area contributed by atoms with Crippen LogP contribution in [0.15, 0.2) is 35.6 Å². The van der Waals surface area contributed by atoms with Gasteiger partial charge in [0.05, 0.1) is 0 Å². The van der Waals surface area contributed by atoms with Gasteiger partial charge in [0.1, 0.15) is 17.7 Å². The minimum atomic E-state index is 0.188. The number of hydrogen-bond acceptors (Lipinski definition) is 3. The first-order valence-electron chi connectivity index (χ1n) is 6.49. The van der Waals surface area contributed by atoms with Crippen molar-refractivity contribution in [2.45, 2.75) is 25.7 Å². The standard InChI is InChI=1S/C15H17N3/c16-11-14(12-17)10-13-4-6-15(7-5-13)18-8-2-1-3-9-18/h4,6-7,10,13H,1-3,5,8-9H2. The first-order valence-corrected chi connectivity index (χ1v) is 6.49. The minimum Gasteiger partial charge on any atom is -0.372 e. The van der Waals surface area contributed by atoms with Gasteiger partial charge < -0.3 is 4.90 Å². The second kappa shape index (κ2) is 6.07. The Balaban J connectivity index is 1.97. The molecule has 92 valence electrons. The zero-order chi connectivity index (χ0) is 12.8. The quantitative estimate of drug-likeness (QED) is 0.696. The van der Waals surface area contributed by atoms with Gasteiger partial charge >= 0.3 is 0 Å². The SMILES string of the molecule is N#CC(C#N)=CC1C=CC(N2CCCCC2)=CC1. The Hall–Kier alpha value is -2.00. The largest absolute Gasteiger partial charge is 0.372 e. The molecule has 1 atom stereocenters. The zero-order valence-electron chi connectivity index (χ0n) is 10.5. The molecule has 0 aromatic carbocycles. The number of allylic oxidation sites excluding steroid dienone is 5. The zero-order valence-corrected chi connectivity index (χ0v) is 10.5. The van der Waals surface area contributed by atoms with Crippen molar-refractivity contribution in [2.75, 3.05) is 13.1 Å². The smallest absolute Gasteiger partial charge is 0.126 e. The van der Waals surface area contributed by atoms with Crippen LogP contribution < -0.4 is 0 Å². The molecule has 18 heavy (non-hydrogen) atoms. The summed E-state index contributed by atoms with van der Waals surface area (Å²) in [5.41, 5.74) is 1.51. The maximum atomic E-state index is 8.72. The Morgan fingerprint density at radius 3 is 2.50 bits per heavy atom. The normalized spacial score (nSPS) is 22.7. The number of hydrogen-bond donors (Lipinski definition) is 0. The lowest BCUT2D eigenvalue weighted by Crippen LogP contribution is -2.29. The summed E-state index contributed by atoms with van der Waals surface area (Å²) >= 11 is 0. The molecule has 1 aliphatic heterocycles. The van der Waals surface area contributed by atoms with E-state index in [0.29, 0.717) is 0 Å². The molecule has 2 rings (SSSR count). The van der Waals surface area contributed by atoms with Gasteiger partial charge in [-0.15, -0.1) is 0 Å². The molecule has 2 aliphatic rings. The predicted molar refractivity (Wildman–Crippen MR) is 70.1 cm³/mol. The molecule has 0 bridgehead atoms. The molecule has 3 nitrogen and oxygen atoms in total. The molecule has 1 fully saturated rings. The third-order valence-corrected chi connectivity index (χ3v) is 3.46. The van der Waals surface area contributed by atoms with Crippen molar-refractivity contribution >= 4 is 0 Å². The summed E-state index contributed by atoms with van der Waals surface area (Å²) in [5, 5.41) is 17.4. The Morgan fingerprint density at radius 1 is 1.22 bits per heavy atom. The molecule has 1 saturated heterocycles. The highest BCUT2D eigenvalue weighted by Gasteiger charge is 2.14. The number of rotatable bonds is 2. The van der Waals surface area contributed by atoms with Crippen LogP contribution in [0.4, 0.5) is 0 Å². The summed E-state index contributed by atoms with van der Waals surface area (Å²) in [6.07, 6.45) is 13.0. The monoisotopic (exact) mass is 239 g/mol. The Morgan fingerprint density at radius 2 is 1.94 bits per heavy atom. The minimum absolute atomic E-state index is 0.188. The van der Waals surface area contributed by atoms with Crippen molar-refractivity contribution in [1.29, 1.82) is 10.5 Å². The average Bonchev–Trinajstić information content (AvgIpc) is 2.46. The molecule has 3 heteroatoms. The van der Waals surface area contributed by atoms with Crippen LogP contribution in [-0.4, -0.2) is 18.0 Å². The fourth-order valence-corrected chi connectivity index (χ4v) is 2.45. The molecule has 1 aliphatic carbocycles. The van der Waals surface area contributed by atoms with E-state index in [1.54, 1.807) is 6.08 Å². The van der Waals surface area contributed by atoms with Crippen LogP contribution in [0.5, 0.6) is 0 Å². The molecule has 0 aromatic rings. The van der Waals surface area contributed by atoms with Crippen LogP contribution in [0.3, 0.4) is 0 Å². The van der Waals surface area contributed by atoms with Crippen molar-refractivity contribution < 1.29 is 0 Å². The van der Waals surface area contributed by atoms with Crippen LogP contribution in [0.25, 0.3) is 0 Å². The van der Waals surface area contributed by atoms with Gasteiger partial charge in [-0.3, -0.25) is 0 Å². The van der Waals surface area contributed by atoms with E-state index in [1.807, 2.05) is 12.1 Å². The van der Waals surface area contributed by atoms with E-state index in [-0.39, 0.29) is 11.5 Å². The van der Waals surface area contributed by atoms with Crippen LogP contribution in [0.2, 0.25) is 0 Å². The second-order valence-corrected chi connectivity index (χ2v) is 4.74. The molecule has 1 heterocycles. The second-order valence-electron chi connectivity index (χ2n) is 4.74. The first kappa shape index (κ1) is 12.5. The van der Waals surface area contributed by atoms with Gasteiger partial charge in [0.2, 0.25) is 0 Å². The molecule has 0 N–H and O–H groups in total. The lowest BCUT2D eigenvalue weighted by atomic mass is 9.96. The van der Waals surface area contributed by atoms with Gasteiger partial charge in [0.25, 0.3) is 0 Å². The molecular weight excluding hydrogens is 222 g/mol. The van der Waals surface area contributed by atoms with Crippen molar-refractivity contribution in [3.63, 3.8) is 0 Å². The molecule has 0 spiro atoms. The van der Waals surface area contributed by atoms with Gasteiger partial charge in [0, 0.05) is 24.7 Å². The molecular formula is C15H17N3. The fourth-order valence-electron chi connectivity index (χ4n) is 2.45.